The highest BCUT2D eigenvalue weighted by Crippen LogP contribution is 2.29. The van der Waals surface area contributed by atoms with E-state index < -0.39 is 0 Å². The highest BCUT2D eigenvalue weighted by molar-refractivity contribution is 6.50. The molecule has 0 unspecified atom stereocenters. The predicted molar refractivity (Wildman–Crippen MR) is 110 cm³/mol. The Bertz CT molecular complexity index is 898. The van der Waals surface area contributed by atoms with Gasteiger partial charge in [0.05, 0.1) is 0 Å². The van der Waals surface area contributed by atoms with Crippen molar-refractivity contribution in [2.24, 2.45) is 0 Å². The van der Waals surface area contributed by atoms with Crippen molar-refractivity contribution in [2.75, 3.05) is 0 Å². The average molecular weight is 350 g/mol. The molecule has 0 fully saturated rings. The molecule has 0 N–H and O–H groups in total. The minimum Gasteiger partial charge on any atom is -0.535 e. The molecule has 4 aromatic carbocycles. The Labute approximate surface area is 156 Å². The number of para-hydroxylation sites is 1. The van der Waals surface area contributed by atoms with Crippen molar-refractivity contribution in [2.45, 2.75) is 0 Å². The minimum atomic E-state index is 0.248. The zero-order valence-corrected chi connectivity index (χ0v) is 15.3. The summed E-state index contributed by atoms with van der Waals surface area (Å²) in [5.41, 5.74) is 4.74. The van der Waals surface area contributed by atoms with Crippen molar-refractivity contribution in [1.82, 2.24) is 0 Å². The Hall–Kier alpha value is -3.10. The number of hydrogen-bond acceptors (Lipinski definition) is 1. The van der Waals surface area contributed by atoms with Gasteiger partial charge in [-0.2, -0.15) is 0 Å². The van der Waals surface area contributed by atoms with Gasteiger partial charge in [0.25, 0.3) is 0 Å². The fourth-order valence-electron chi connectivity index (χ4n) is 2.96. The molecular formula is C24H18OSi. The van der Waals surface area contributed by atoms with Crippen LogP contribution in [0.1, 0.15) is 0 Å². The maximum absolute atomic E-state index is 6.27. The molecule has 0 saturated carbocycles. The molecule has 2 heteroatoms. The summed E-state index contributed by atoms with van der Waals surface area (Å²) in [5.74, 6) is 0.917. The molecule has 2 radical (unpaired) electrons. The van der Waals surface area contributed by atoms with Gasteiger partial charge in [-0.25, -0.2) is 0 Å². The van der Waals surface area contributed by atoms with Crippen LogP contribution in [0.25, 0.3) is 22.3 Å². The van der Waals surface area contributed by atoms with E-state index in [1.54, 1.807) is 0 Å². The second-order valence-electron chi connectivity index (χ2n) is 5.98. The van der Waals surface area contributed by atoms with E-state index in [0.29, 0.717) is 0 Å². The van der Waals surface area contributed by atoms with Gasteiger partial charge in [-0.15, -0.1) is 0 Å². The van der Waals surface area contributed by atoms with Crippen molar-refractivity contribution >= 4 is 14.9 Å². The molecule has 1 nitrogen and oxygen atoms in total. The molecule has 0 aliphatic carbocycles. The lowest BCUT2D eigenvalue weighted by Gasteiger charge is -2.13. The smallest absolute Gasteiger partial charge is 0.351 e. The van der Waals surface area contributed by atoms with Gasteiger partial charge in [0.15, 0.2) is 0 Å². The van der Waals surface area contributed by atoms with Crippen molar-refractivity contribution in [3.8, 4) is 28.0 Å². The minimum absolute atomic E-state index is 0.248. The van der Waals surface area contributed by atoms with Crippen LogP contribution in [0.2, 0.25) is 0 Å². The predicted octanol–water partition coefficient (Wildman–Crippen LogP) is 5.34. The summed E-state index contributed by atoms with van der Waals surface area (Å²) < 4.78 is 6.27. The monoisotopic (exact) mass is 350 g/mol. The van der Waals surface area contributed by atoms with Crippen molar-refractivity contribution < 1.29 is 4.43 Å². The molecule has 0 aromatic heterocycles. The maximum Gasteiger partial charge on any atom is 0.351 e. The van der Waals surface area contributed by atoms with Gasteiger partial charge in [-0.05, 0) is 27.9 Å². The highest BCUT2D eigenvalue weighted by Gasteiger charge is 2.10. The SMILES string of the molecule is c1ccc(-c2ccccc2O[Si]c2ccccc2-c2ccccc2)cc1. The lowest BCUT2D eigenvalue weighted by molar-refractivity contribution is 0.607. The molecule has 124 valence electrons. The molecule has 0 spiro atoms. The lowest BCUT2D eigenvalue weighted by Crippen LogP contribution is -2.22. The molecule has 26 heavy (non-hydrogen) atoms. The topological polar surface area (TPSA) is 9.23 Å². The summed E-state index contributed by atoms with van der Waals surface area (Å²) in [4.78, 5) is 0. The second kappa shape index (κ2) is 7.85. The summed E-state index contributed by atoms with van der Waals surface area (Å²) in [7, 11) is 0.248. The quantitative estimate of drug-likeness (QED) is 0.441. The maximum atomic E-state index is 6.27. The first-order valence-electron chi connectivity index (χ1n) is 8.63. The van der Waals surface area contributed by atoms with Gasteiger partial charge < -0.3 is 4.43 Å². The van der Waals surface area contributed by atoms with E-state index in [1.807, 2.05) is 24.3 Å². The molecule has 0 saturated heterocycles. The fourth-order valence-corrected chi connectivity index (χ4v) is 3.86. The van der Waals surface area contributed by atoms with Crippen LogP contribution in [0.4, 0.5) is 0 Å². The summed E-state index contributed by atoms with van der Waals surface area (Å²) in [5, 5.41) is 1.21. The fraction of sp³-hybridized carbons (Fsp3) is 0. The van der Waals surface area contributed by atoms with E-state index in [4.69, 9.17) is 4.43 Å². The second-order valence-corrected chi connectivity index (χ2v) is 6.92. The molecule has 4 aromatic rings. The summed E-state index contributed by atoms with van der Waals surface area (Å²) in [6.07, 6.45) is 0. The van der Waals surface area contributed by atoms with E-state index in [9.17, 15) is 0 Å². The van der Waals surface area contributed by atoms with Crippen LogP contribution in [0.5, 0.6) is 5.75 Å². The Kier molecular flexibility index (Phi) is 4.94. The molecule has 0 amide bonds. The standard InChI is InChI=1S/C24H18OSi/c1-3-11-19(12-4-1)21-15-7-9-17-23(21)25-26-24-18-10-8-16-22(24)20-13-5-2-6-14-20/h1-18H. The zero-order chi connectivity index (χ0) is 17.6. The van der Waals surface area contributed by atoms with Crippen LogP contribution in [0, 0.1) is 0 Å². The van der Waals surface area contributed by atoms with Crippen LogP contribution in [-0.2, 0) is 0 Å². The van der Waals surface area contributed by atoms with Crippen molar-refractivity contribution in [3.05, 3.63) is 109 Å². The molecule has 0 aliphatic rings. The largest absolute Gasteiger partial charge is 0.535 e. The Morgan fingerprint density at radius 3 is 1.65 bits per heavy atom. The van der Waals surface area contributed by atoms with Gasteiger partial charge in [0.2, 0.25) is 0 Å². The molecular weight excluding hydrogens is 332 g/mol. The van der Waals surface area contributed by atoms with E-state index >= 15 is 0 Å². The van der Waals surface area contributed by atoms with Crippen LogP contribution in [0.15, 0.2) is 109 Å². The third-order valence-electron chi connectivity index (χ3n) is 4.25. The molecule has 4 rings (SSSR count). The van der Waals surface area contributed by atoms with Gasteiger partial charge in [0.1, 0.15) is 5.75 Å². The summed E-state index contributed by atoms with van der Waals surface area (Å²) in [6.45, 7) is 0. The molecule has 0 bridgehead atoms. The van der Waals surface area contributed by atoms with Gasteiger partial charge in [-0.1, -0.05) is 103 Å². The lowest BCUT2D eigenvalue weighted by atomic mass is 10.1. The summed E-state index contributed by atoms with van der Waals surface area (Å²) in [6, 6.07) is 37.5. The van der Waals surface area contributed by atoms with E-state index in [2.05, 4.69) is 84.9 Å². The molecule has 0 heterocycles. The molecule has 0 aliphatic heterocycles. The third-order valence-corrected chi connectivity index (χ3v) is 5.23. The van der Waals surface area contributed by atoms with Crippen LogP contribution < -0.4 is 9.61 Å². The Morgan fingerprint density at radius 1 is 0.462 bits per heavy atom. The first-order valence-corrected chi connectivity index (χ1v) is 9.54. The van der Waals surface area contributed by atoms with Gasteiger partial charge in [-0.3, -0.25) is 0 Å². The van der Waals surface area contributed by atoms with E-state index in [1.165, 1.54) is 21.9 Å². The Balaban J connectivity index is 1.62. The Morgan fingerprint density at radius 2 is 0.962 bits per heavy atom. The number of rotatable bonds is 5. The zero-order valence-electron chi connectivity index (χ0n) is 14.3. The molecule has 0 atom stereocenters. The summed E-state index contributed by atoms with van der Waals surface area (Å²) >= 11 is 0. The normalized spacial score (nSPS) is 10.5. The van der Waals surface area contributed by atoms with Crippen LogP contribution in [-0.4, -0.2) is 9.76 Å². The number of hydrogen-bond donors (Lipinski definition) is 0. The first-order chi connectivity index (χ1) is 12.9. The van der Waals surface area contributed by atoms with Crippen LogP contribution in [0.3, 0.4) is 0 Å². The average Bonchev–Trinajstić information content (AvgIpc) is 2.74. The van der Waals surface area contributed by atoms with Crippen molar-refractivity contribution in [1.29, 1.82) is 0 Å². The van der Waals surface area contributed by atoms with Crippen molar-refractivity contribution in [3.63, 3.8) is 0 Å². The number of benzene rings is 4. The van der Waals surface area contributed by atoms with Gasteiger partial charge in [0, 0.05) is 5.56 Å². The van der Waals surface area contributed by atoms with Gasteiger partial charge >= 0.3 is 9.76 Å². The first kappa shape index (κ1) is 16.4. The highest BCUT2D eigenvalue weighted by atomic mass is 28.2. The van der Waals surface area contributed by atoms with Crippen LogP contribution >= 0.6 is 0 Å². The third kappa shape index (κ3) is 3.61. The van der Waals surface area contributed by atoms with E-state index in [-0.39, 0.29) is 9.76 Å². The van der Waals surface area contributed by atoms with E-state index in [0.717, 1.165) is 11.3 Å².